The molecule has 320 valence electrons. The molecule has 14 heteroatoms. The minimum atomic E-state index is -1.79. The molecule has 7 rings (SSSR count). The number of aliphatic hydroxyl groups excluding tert-OH is 8. The van der Waals surface area contributed by atoms with Gasteiger partial charge < -0.3 is 64.9 Å². The summed E-state index contributed by atoms with van der Waals surface area (Å²) in [5.74, 6) is -0.394. The van der Waals surface area contributed by atoms with Crippen LogP contribution in [0.25, 0.3) is 0 Å². The summed E-state index contributed by atoms with van der Waals surface area (Å²) < 4.78 is 24.3. The molecule has 14 nitrogen and oxygen atoms in total. The first-order valence-electron chi connectivity index (χ1n) is 21.0. The highest BCUT2D eigenvalue weighted by atomic mass is 16.8. The summed E-state index contributed by atoms with van der Waals surface area (Å²) in [7, 11) is 0. The van der Waals surface area contributed by atoms with E-state index in [1.54, 1.807) is 0 Å². The summed E-state index contributed by atoms with van der Waals surface area (Å²) in [6.07, 6.45) is -6.00. The molecular formula is C42H68O14. The van der Waals surface area contributed by atoms with Gasteiger partial charge in [-0.2, -0.15) is 0 Å². The van der Waals surface area contributed by atoms with Crippen molar-refractivity contribution in [3.05, 3.63) is 11.6 Å². The molecule has 9 N–H and O–H groups in total. The van der Waals surface area contributed by atoms with Crippen LogP contribution in [-0.4, -0.2) is 139 Å². The molecule has 2 heterocycles. The molecule has 6 fully saturated rings. The van der Waals surface area contributed by atoms with Crippen molar-refractivity contribution in [2.45, 2.75) is 173 Å². The molecule has 56 heavy (non-hydrogen) atoms. The molecule has 0 amide bonds. The van der Waals surface area contributed by atoms with Crippen molar-refractivity contribution in [1.82, 2.24) is 0 Å². The summed E-state index contributed by atoms with van der Waals surface area (Å²) >= 11 is 0. The van der Waals surface area contributed by atoms with Crippen LogP contribution in [0.5, 0.6) is 0 Å². The Bertz CT molecular complexity index is 1500. The molecule has 2 saturated heterocycles. The first kappa shape index (κ1) is 42.8. The van der Waals surface area contributed by atoms with Gasteiger partial charge in [0.15, 0.2) is 12.6 Å². The summed E-state index contributed by atoms with van der Waals surface area (Å²) in [6.45, 7) is 12.2. The number of aliphatic carboxylic acids is 1. The number of fused-ring (bicyclic) bond motifs is 7. The quantitative estimate of drug-likeness (QED) is 0.126. The number of aliphatic hydroxyl groups is 8. The Hall–Kier alpha value is -1.27. The summed E-state index contributed by atoms with van der Waals surface area (Å²) in [5.41, 5.74) is -0.607. The maximum atomic E-state index is 13.1. The number of ether oxygens (including phenoxy) is 4. The number of rotatable bonds is 8. The van der Waals surface area contributed by atoms with Crippen molar-refractivity contribution >= 4 is 5.97 Å². The van der Waals surface area contributed by atoms with E-state index in [0.717, 1.165) is 44.9 Å². The molecule has 0 aromatic rings. The second-order valence-corrected chi connectivity index (χ2v) is 20.5. The van der Waals surface area contributed by atoms with Gasteiger partial charge in [0, 0.05) is 5.41 Å². The lowest BCUT2D eigenvalue weighted by atomic mass is 9.33. The van der Waals surface area contributed by atoms with Crippen LogP contribution in [0.3, 0.4) is 0 Å². The second-order valence-electron chi connectivity index (χ2n) is 20.5. The third-order valence-electron chi connectivity index (χ3n) is 17.4. The van der Waals surface area contributed by atoms with Crippen LogP contribution in [0, 0.1) is 50.2 Å². The van der Waals surface area contributed by atoms with E-state index >= 15 is 0 Å². The molecule has 19 atom stereocenters. The fraction of sp³-hybridized carbons (Fsp3) is 0.929. The lowest BCUT2D eigenvalue weighted by molar-refractivity contribution is -0.379. The van der Waals surface area contributed by atoms with Crippen LogP contribution in [0.1, 0.15) is 106 Å². The molecule has 0 aromatic heterocycles. The minimum Gasteiger partial charge on any atom is -0.481 e. The van der Waals surface area contributed by atoms with E-state index in [4.69, 9.17) is 18.9 Å². The summed E-state index contributed by atoms with van der Waals surface area (Å²) in [5, 5.41) is 95.5. The third kappa shape index (κ3) is 6.21. The van der Waals surface area contributed by atoms with Crippen molar-refractivity contribution in [2.75, 3.05) is 19.8 Å². The molecule has 0 bridgehead atoms. The lowest BCUT2D eigenvalue weighted by Gasteiger charge is -2.71. The highest BCUT2D eigenvalue weighted by Crippen LogP contribution is 2.76. The van der Waals surface area contributed by atoms with Crippen molar-refractivity contribution < 1.29 is 69.7 Å². The Labute approximate surface area is 330 Å². The smallest absolute Gasteiger partial charge is 0.310 e. The number of hydrogen-bond acceptors (Lipinski definition) is 13. The van der Waals surface area contributed by atoms with E-state index < -0.39 is 97.5 Å². The fourth-order valence-electron chi connectivity index (χ4n) is 13.7. The molecular weight excluding hydrogens is 728 g/mol. The largest absolute Gasteiger partial charge is 0.481 e. The average molecular weight is 797 g/mol. The molecule has 4 saturated carbocycles. The summed E-state index contributed by atoms with van der Waals surface area (Å²) in [6, 6.07) is 0. The minimum absolute atomic E-state index is 0.00269. The maximum Gasteiger partial charge on any atom is 0.310 e. The highest BCUT2D eigenvalue weighted by molar-refractivity contribution is 5.76. The van der Waals surface area contributed by atoms with Gasteiger partial charge in [-0.3, -0.25) is 4.79 Å². The number of hydrogen-bond donors (Lipinski definition) is 9. The van der Waals surface area contributed by atoms with Crippen molar-refractivity contribution in [1.29, 1.82) is 0 Å². The van der Waals surface area contributed by atoms with Gasteiger partial charge in [-0.25, -0.2) is 0 Å². The van der Waals surface area contributed by atoms with E-state index in [1.807, 2.05) is 6.92 Å². The Morgan fingerprint density at radius 3 is 1.98 bits per heavy atom. The highest BCUT2D eigenvalue weighted by Gasteiger charge is 2.70. The van der Waals surface area contributed by atoms with Gasteiger partial charge in [0.25, 0.3) is 0 Å². The van der Waals surface area contributed by atoms with E-state index in [1.165, 1.54) is 5.57 Å². The first-order chi connectivity index (χ1) is 26.2. The van der Waals surface area contributed by atoms with E-state index in [-0.39, 0.29) is 46.0 Å². The van der Waals surface area contributed by atoms with Gasteiger partial charge in [0.1, 0.15) is 48.8 Å². The number of carbonyl (C=O) groups is 1. The van der Waals surface area contributed by atoms with Gasteiger partial charge in [-0.15, -0.1) is 0 Å². The Morgan fingerprint density at radius 1 is 0.732 bits per heavy atom. The standard InChI is InChI=1S/C42H68O14/c1-37(2)13-15-42(36(51)52)16-14-40(5)21(22(42)17-37)7-8-26-38(3)11-10-27(39(4,20-45)25(38)9-12-41(26,40)6)55-35-33(31(49)29(47)24(19-44)54-35)56-34-32(50)30(48)28(46)23(18-43)53-34/h7,22-35,43-50H,8-20H2,1-6H3,(H,51,52)/t22-,23+,24+,25+,26+,27-,28-,29+,30-,31-,32+,33+,34-,35-,38-,39-,40+,41+,42-/m0/s1. The van der Waals surface area contributed by atoms with E-state index in [9.17, 15) is 50.8 Å². The predicted molar refractivity (Wildman–Crippen MR) is 199 cm³/mol. The second kappa shape index (κ2) is 14.7. The van der Waals surface area contributed by atoms with Gasteiger partial charge in [-0.1, -0.05) is 53.2 Å². The molecule has 7 aliphatic rings. The lowest BCUT2D eigenvalue weighted by Crippen LogP contribution is -2.67. The van der Waals surface area contributed by atoms with Crippen LogP contribution < -0.4 is 0 Å². The molecule has 0 spiro atoms. The van der Waals surface area contributed by atoms with Gasteiger partial charge >= 0.3 is 5.97 Å². The molecule has 0 aromatic carbocycles. The zero-order chi connectivity index (χ0) is 41.0. The van der Waals surface area contributed by atoms with Gasteiger partial charge in [0.2, 0.25) is 0 Å². The number of carboxylic acids is 1. The average Bonchev–Trinajstić information content (AvgIpc) is 3.15. The molecule has 0 unspecified atom stereocenters. The van der Waals surface area contributed by atoms with Crippen molar-refractivity contribution in [3.63, 3.8) is 0 Å². The van der Waals surface area contributed by atoms with Gasteiger partial charge in [-0.05, 0) is 104 Å². The van der Waals surface area contributed by atoms with Gasteiger partial charge in [0.05, 0.1) is 31.3 Å². The molecule has 0 radical (unpaired) electrons. The summed E-state index contributed by atoms with van der Waals surface area (Å²) in [4.78, 5) is 13.1. The first-order valence-corrected chi connectivity index (χ1v) is 21.0. The predicted octanol–water partition coefficient (Wildman–Crippen LogP) is 1.85. The fourth-order valence-corrected chi connectivity index (χ4v) is 13.7. The van der Waals surface area contributed by atoms with E-state index in [0.29, 0.717) is 19.3 Å². The van der Waals surface area contributed by atoms with Crippen molar-refractivity contribution in [3.8, 4) is 0 Å². The molecule has 5 aliphatic carbocycles. The van der Waals surface area contributed by atoms with Crippen LogP contribution in [0.15, 0.2) is 11.6 Å². The van der Waals surface area contributed by atoms with Crippen molar-refractivity contribution in [2.24, 2.45) is 50.2 Å². The zero-order valence-corrected chi connectivity index (χ0v) is 33.9. The van der Waals surface area contributed by atoms with Crippen LogP contribution >= 0.6 is 0 Å². The maximum absolute atomic E-state index is 13.1. The Balaban J connectivity index is 1.17. The Kier molecular flexibility index (Phi) is 11.3. The zero-order valence-electron chi connectivity index (χ0n) is 33.9. The SMILES string of the molecule is CC1(C)CC[C@]2(C(=O)O)CC[C@]3(C)C(=CC[C@@H]4[C@@]5(C)CC[C@H](O[C@@H]6O[C@H](CO)[C@@H](O)[C@H](O)[C@H]6O[C@@H]6O[C@H](CO)[C@H](O)[C@H](O)[C@H]6O)[C@@](C)(CO)[C@@H]5CC[C@]43C)[C@@H]2C1. The van der Waals surface area contributed by atoms with Crippen LogP contribution in [0.2, 0.25) is 0 Å². The topological polar surface area (TPSA) is 236 Å². The number of carboxylic acid groups (broad SMARTS) is 1. The van der Waals surface area contributed by atoms with Crippen LogP contribution in [-0.2, 0) is 23.7 Å². The third-order valence-corrected chi connectivity index (χ3v) is 17.4. The monoisotopic (exact) mass is 796 g/mol. The molecule has 2 aliphatic heterocycles. The van der Waals surface area contributed by atoms with Crippen LogP contribution in [0.4, 0.5) is 0 Å². The van der Waals surface area contributed by atoms with E-state index in [2.05, 4.69) is 40.7 Å². The number of allylic oxidation sites excluding steroid dienone is 2. The Morgan fingerprint density at radius 2 is 1.36 bits per heavy atom. The normalized spacial score (nSPS) is 54.1.